The second-order valence-corrected chi connectivity index (χ2v) is 6.08. The van der Waals surface area contributed by atoms with Gasteiger partial charge in [0.1, 0.15) is 5.76 Å². The van der Waals surface area contributed by atoms with Crippen LogP contribution in [0.4, 0.5) is 0 Å². The Balaban J connectivity index is 3.15. The summed E-state index contributed by atoms with van der Waals surface area (Å²) in [6, 6.07) is 0. The van der Waals surface area contributed by atoms with Gasteiger partial charge in [0.25, 0.3) is 0 Å². The third-order valence-electron chi connectivity index (χ3n) is 4.71. The average Bonchev–Trinajstić information content (AvgIpc) is 2.45. The summed E-state index contributed by atoms with van der Waals surface area (Å²) < 4.78 is 0. The number of rotatable bonds is 8. The molecular formula is C19H32O. The zero-order valence-corrected chi connectivity index (χ0v) is 13.8. The third-order valence-corrected chi connectivity index (χ3v) is 4.71. The maximum Gasteiger partial charge on any atom is 0.115 e. The molecule has 1 rings (SSSR count). The molecule has 3 atom stereocenters. The number of hydrogen-bond acceptors (Lipinski definition) is 1. The van der Waals surface area contributed by atoms with Gasteiger partial charge in [-0.05, 0) is 48.3 Å². The van der Waals surface area contributed by atoms with Crippen molar-refractivity contribution in [1.82, 2.24) is 0 Å². The lowest BCUT2D eigenvalue weighted by Gasteiger charge is -2.35. The first kappa shape index (κ1) is 17.1. The van der Waals surface area contributed by atoms with E-state index in [1.807, 2.05) is 12.2 Å². The minimum absolute atomic E-state index is 0.349. The van der Waals surface area contributed by atoms with Crippen LogP contribution >= 0.6 is 0 Å². The largest absolute Gasteiger partial charge is 0.508 e. The molecule has 0 aliphatic heterocycles. The molecule has 0 aromatic heterocycles. The SMILES string of the molecule is C=C1C=CC(O)=C(C(CC)CCC)C1C(CC)CCC. The van der Waals surface area contributed by atoms with Crippen LogP contribution in [0.3, 0.4) is 0 Å². The summed E-state index contributed by atoms with van der Waals surface area (Å²) in [6.45, 7) is 13.3. The highest BCUT2D eigenvalue weighted by Crippen LogP contribution is 2.43. The van der Waals surface area contributed by atoms with Gasteiger partial charge in [-0.15, -0.1) is 0 Å². The van der Waals surface area contributed by atoms with Gasteiger partial charge in [-0.2, -0.15) is 0 Å². The minimum Gasteiger partial charge on any atom is -0.508 e. The van der Waals surface area contributed by atoms with Crippen LogP contribution in [-0.4, -0.2) is 5.11 Å². The van der Waals surface area contributed by atoms with Crippen molar-refractivity contribution in [3.63, 3.8) is 0 Å². The molecule has 0 aromatic carbocycles. The van der Waals surface area contributed by atoms with Gasteiger partial charge in [0, 0.05) is 5.92 Å². The molecule has 0 saturated carbocycles. The van der Waals surface area contributed by atoms with E-state index in [0.717, 1.165) is 19.3 Å². The van der Waals surface area contributed by atoms with E-state index in [4.69, 9.17) is 0 Å². The van der Waals surface area contributed by atoms with Gasteiger partial charge in [-0.1, -0.05) is 59.6 Å². The Hall–Kier alpha value is -0.980. The van der Waals surface area contributed by atoms with Crippen LogP contribution in [0.5, 0.6) is 0 Å². The van der Waals surface area contributed by atoms with Crippen molar-refractivity contribution < 1.29 is 5.11 Å². The highest BCUT2D eigenvalue weighted by molar-refractivity contribution is 5.41. The molecule has 0 bridgehead atoms. The van der Waals surface area contributed by atoms with Crippen LogP contribution in [0.1, 0.15) is 66.2 Å². The normalized spacial score (nSPS) is 22.2. The van der Waals surface area contributed by atoms with Gasteiger partial charge < -0.3 is 5.11 Å². The van der Waals surface area contributed by atoms with Crippen LogP contribution in [0.2, 0.25) is 0 Å². The molecule has 0 amide bonds. The smallest absolute Gasteiger partial charge is 0.115 e. The summed E-state index contributed by atoms with van der Waals surface area (Å²) in [5, 5.41) is 10.4. The van der Waals surface area contributed by atoms with Gasteiger partial charge in [-0.25, -0.2) is 0 Å². The van der Waals surface area contributed by atoms with Crippen molar-refractivity contribution in [3.8, 4) is 0 Å². The summed E-state index contributed by atoms with van der Waals surface area (Å²) in [5.74, 6) is 1.97. The molecule has 0 aromatic rings. The fourth-order valence-corrected chi connectivity index (χ4v) is 3.67. The monoisotopic (exact) mass is 276 g/mol. The second kappa shape index (κ2) is 8.34. The first-order chi connectivity index (χ1) is 9.60. The molecule has 114 valence electrons. The maximum absolute atomic E-state index is 10.4. The van der Waals surface area contributed by atoms with Crippen molar-refractivity contribution in [2.45, 2.75) is 66.2 Å². The Labute approximate surface area is 125 Å². The summed E-state index contributed by atoms with van der Waals surface area (Å²) in [7, 11) is 0. The number of aliphatic hydroxyl groups excluding tert-OH is 1. The highest BCUT2D eigenvalue weighted by atomic mass is 16.3. The van der Waals surface area contributed by atoms with E-state index in [9.17, 15) is 5.11 Å². The molecule has 1 N–H and O–H groups in total. The van der Waals surface area contributed by atoms with Crippen molar-refractivity contribution in [1.29, 1.82) is 0 Å². The van der Waals surface area contributed by atoms with Crippen molar-refractivity contribution >= 4 is 0 Å². The van der Waals surface area contributed by atoms with E-state index in [-0.39, 0.29) is 0 Å². The van der Waals surface area contributed by atoms with E-state index >= 15 is 0 Å². The minimum atomic E-state index is 0.349. The Morgan fingerprint density at radius 3 is 2.20 bits per heavy atom. The summed E-state index contributed by atoms with van der Waals surface area (Å²) in [6.07, 6.45) is 10.9. The van der Waals surface area contributed by atoms with Gasteiger partial charge in [-0.3, -0.25) is 0 Å². The predicted molar refractivity (Wildman–Crippen MR) is 88.8 cm³/mol. The molecule has 1 aliphatic carbocycles. The van der Waals surface area contributed by atoms with Gasteiger partial charge in [0.2, 0.25) is 0 Å². The van der Waals surface area contributed by atoms with Gasteiger partial charge in [0.05, 0.1) is 0 Å². The lowest BCUT2D eigenvalue weighted by atomic mass is 9.69. The molecule has 0 radical (unpaired) electrons. The average molecular weight is 276 g/mol. The van der Waals surface area contributed by atoms with E-state index in [0.29, 0.717) is 23.5 Å². The predicted octanol–water partition coefficient (Wildman–Crippen LogP) is 6.19. The van der Waals surface area contributed by atoms with E-state index in [2.05, 4.69) is 34.3 Å². The first-order valence-corrected chi connectivity index (χ1v) is 8.40. The zero-order chi connectivity index (χ0) is 15.1. The van der Waals surface area contributed by atoms with Crippen LogP contribution in [-0.2, 0) is 0 Å². The molecule has 0 spiro atoms. The topological polar surface area (TPSA) is 20.2 Å². The van der Waals surface area contributed by atoms with Crippen LogP contribution in [0.15, 0.2) is 35.6 Å². The van der Waals surface area contributed by atoms with E-state index < -0.39 is 0 Å². The zero-order valence-electron chi connectivity index (χ0n) is 13.8. The Morgan fingerprint density at radius 1 is 1.05 bits per heavy atom. The van der Waals surface area contributed by atoms with Gasteiger partial charge in [0.15, 0.2) is 0 Å². The lowest BCUT2D eigenvalue weighted by molar-refractivity contribution is 0.315. The molecule has 1 heteroatoms. The number of allylic oxidation sites excluding steroid dienone is 4. The quantitative estimate of drug-likeness (QED) is 0.560. The van der Waals surface area contributed by atoms with Gasteiger partial charge >= 0.3 is 0 Å². The molecular weight excluding hydrogens is 244 g/mol. The standard InChI is InChI=1S/C19H32O/c1-6-10-15(8-3)18-14(5)12-13-17(20)19(18)16(9-4)11-7-2/h12-13,15-16,18,20H,5-11H2,1-4H3. The van der Waals surface area contributed by atoms with Crippen LogP contribution in [0.25, 0.3) is 0 Å². The molecule has 0 fully saturated rings. The van der Waals surface area contributed by atoms with Crippen LogP contribution in [0, 0.1) is 17.8 Å². The van der Waals surface area contributed by atoms with Crippen molar-refractivity contribution in [2.24, 2.45) is 17.8 Å². The Bertz CT molecular complexity index is 375. The van der Waals surface area contributed by atoms with E-state index in [1.165, 1.54) is 30.4 Å². The third kappa shape index (κ3) is 3.77. The molecule has 0 heterocycles. The summed E-state index contributed by atoms with van der Waals surface area (Å²) in [5.41, 5.74) is 2.45. The highest BCUT2D eigenvalue weighted by Gasteiger charge is 2.32. The molecule has 1 nitrogen and oxygen atoms in total. The number of aliphatic hydroxyl groups is 1. The summed E-state index contributed by atoms with van der Waals surface area (Å²) >= 11 is 0. The van der Waals surface area contributed by atoms with Crippen molar-refractivity contribution in [2.75, 3.05) is 0 Å². The Kier molecular flexibility index (Phi) is 7.12. The molecule has 0 saturated heterocycles. The maximum atomic E-state index is 10.4. The summed E-state index contributed by atoms with van der Waals surface area (Å²) in [4.78, 5) is 0. The second-order valence-electron chi connectivity index (χ2n) is 6.08. The molecule has 3 unspecified atom stereocenters. The fraction of sp³-hybridized carbons (Fsp3) is 0.684. The van der Waals surface area contributed by atoms with Crippen LogP contribution < -0.4 is 0 Å². The fourth-order valence-electron chi connectivity index (χ4n) is 3.67. The van der Waals surface area contributed by atoms with Crippen molar-refractivity contribution in [3.05, 3.63) is 35.6 Å². The molecule has 20 heavy (non-hydrogen) atoms. The first-order valence-electron chi connectivity index (χ1n) is 8.40. The number of hydrogen-bond donors (Lipinski definition) is 1. The van der Waals surface area contributed by atoms with E-state index in [1.54, 1.807) is 0 Å². The molecule has 1 aliphatic rings. The lowest BCUT2D eigenvalue weighted by Crippen LogP contribution is -2.25. The Morgan fingerprint density at radius 2 is 1.70 bits per heavy atom.